The molecule has 5 nitrogen and oxygen atoms in total. The largest absolute Gasteiger partial charge is 0.397 e. The fraction of sp³-hybridized carbons (Fsp3) is 0.0833. The van der Waals surface area contributed by atoms with Crippen molar-refractivity contribution in [2.75, 3.05) is 11.1 Å². The van der Waals surface area contributed by atoms with Crippen LogP contribution in [-0.2, 0) is 0 Å². The van der Waals surface area contributed by atoms with E-state index in [2.05, 4.69) is 15.3 Å². The first-order chi connectivity index (χ1) is 8.15. The number of anilines is 2. The number of nitrogens with two attached hydrogens (primary N) is 1. The monoisotopic (exact) mass is 228 g/mol. The highest BCUT2D eigenvalue weighted by atomic mass is 16.1. The molecule has 0 saturated carbocycles. The van der Waals surface area contributed by atoms with Gasteiger partial charge in [0, 0.05) is 5.69 Å². The number of pyridine rings is 2. The minimum absolute atomic E-state index is 0.286. The fourth-order valence-electron chi connectivity index (χ4n) is 1.33. The molecule has 0 unspecified atom stereocenters. The second kappa shape index (κ2) is 4.61. The second-order valence-electron chi connectivity index (χ2n) is 3.60. The zero-order valence-electron chi connectivity index (χ0n) is 9.34. The maximum absolute atomic E-state index is 11.8. The molecule has 0 bridgehead atoms. The third-order valence-corrected chi connectivity index (χ3v) is 2.15. The quantitative estimate of drug-likeness (QED) is 0.818. The third-order valence-electron chi connectivity index (χ3n) is 2.15. The summed E-state index contributed by atoms with van der Waals surface area (Å²) in [6.45, 7) is 1.83. The van der Waals surface area contributed by atoms with Crippen LogP contribution in [0.4, 0.5) is 11.5 Å². The van der Waals surface area contributed by atoms with Crippen molar-refractivity contribution in [3.8, 4) is 0 Å². The summed E-state index contributed by atoms with van der Waals surface area (Å²) in [6, 6.07) is 8.58. The number of aryl methyl sites for hydroxylation is 1. The van der Waals surface area contributed by atoms with Crippen molar-refractivity contribution in [2.24, 2.45) is 0 Å². The second-order valence-corrected chi connectivity index (χ2v) is 3.60. The van der Waals surface area contributed by atoms with Gasteiger partial charge in [0.1, 0.15) is 11.5 Å². The molecule has 2 aromatic rings. The average Bonchev–Trinajstić information content (AvgIpc) is 2.32. The lowest BCUT2D eigenvalue weighted by molar-refractivity contribution is 0.102. The Balaban J connectivity index is 2.14. The van der Waals surface area contributed by atoms with E-state index >= 15 is 0 Å². The zero-order valence-corrected chi connectivity index (χ0v) is 9.34. The molecule has 0 spiro atoms. The standard InChI is InChI=1S/C12H12N4O/c1-8-3-2-4-10(15-8)12(17)16-11-6-5-9(13)7-14-11/h2-7H,13H2,1H3,(H,14,16,17). The van der Waals surface area contributed by atoms with Crippen LogP contribution in [0.3, 0.4) is 0 Å². The molecule has 86 valence electrons. The lowest BCUT2D eigenvalue weighted by Gasteiger charge is -2.04. The van der Waals surface area contributed by atoms with Crippen LogP contribution in [0, 0.1) is 6.92 Å². The summed E-state index contributed by atoms with van der Waals surface area (Å²) in [5.41, 5.74) is 7.21. The molecule has 0 saturated heterocycles. The molecule has 2 rings (SSSR count). The van der Waals surface area contributed by atoms with E-state index in [1.807, 2.05) is 13.0 Å². The number of carbonyl (C=O) groups is 1. The number of nitrogens with one attached hydrogen (secondary N) is 1. The Morgan fingerprint density at radius 3 is 2.76 bits per heavy atom. The Kier molecular flexibility index (Phi) is 3.00. The van der Waals surface area contributed by atoms with Gasteiger partial charge in [-0.1, -0.05) is 6.07 Å². The van der Waals surface area contributed by atoms with E-state index in [0.29, 0.717) is 17.2 Å². The Bertz CT molecular complexity index is 536. The molecule has 17 heavy (non-hydrogen) atoms. The van der Waals surface area contributed by atoms with E-state index in [1.54, 1.807) is 24.3 Å². The lowest BCUT2D eigenvalue weighted by atomic mass is 10.3. The number of hydrogen-bond donors (Lipinski definition) is 2. The van der Waals surface area contributed by atoms with Gasteiger partial charge < -0.3 is 11.1 Å². The van der Waals surface area contributed by atoms with Gasteiger partial charge in [-0.05, 0) is 31.2 Å². The van der Waals surface area contributed by atoms with Crippen LogP contribution in [0.1, 0.15) is 16.2 Å². The van der Waals surface area contributed by atoms with Crippen LogP contribution < -0.4 is 11.1 Å². The van der Waals surface area contributed by atoms with Gasteiger partial charge in [0.2, 0.25) is 0 Å². The Labute approximate surface area is 98.7 Å². The first-order valence-electron chi connectivity index (χ1n) is 5.12. The van der Waals surface area contributed by atoms with E-state index < -0.39 is 0 Å². The molecule has 1 amide bonds. The normalized spacial score (nSPS) is 9.94. The first kappa shape index (κ1) is 11.1. The van der Waals surface area contributed by atoms with Gasteiger partial charge in [-0.25, -0.2) is 9.97 Å². The van der Waals surface area contributed by atoms with Crippen molar-refractivity contribution < 1.29 is 4.79 Å². The van der Waals surface area contributed by atoms with E-state index in [9.17, 15) is 4.79 Å². The Morgan fingerprint density at radius 2 is 2.12 bits per heavy atom. The van der Waals surface area contributed by atoms with Crippen LogP contribution >= 0.6 is 0 Å². The maximum Gasteiger partial charge on any atom is 0.275 e. The summed E-state index contributed by atoms with van der Waals surface area (Å²) in [6.07, 6.45) is 1.49. The number of nitrogen functional groups attached to an aromatic ring is 1. The summed E-state index contributed by atoms with van der Waals surface area (Å²) >= 11 is 0. The highest BCUT2D eigenvalue weighted by Crippen LogP contribution is 2.07. The number of rotatable bonds is 2. The highest BCUT2D eigenvalue weighted by molar-refractivity contribution is 6.02. The summed E-state index contributed by atoms with van der Waals surface area (Å²) in [5, 5.41) is 2.64. The number of hydrogen-bond acceptors (Lipinski definition) is 4. The third kappa shape index (κ3) is 2.78. The molecule has 0 radical (unpaired) electrons. The SMILES string of the molecule is Cc1cccc(C(=O)Nc2ccc(N)cn2)n1. The summed E-state index contributed by atoms with van der Waals surface area (Å²) < 4.78 is 0. The molecule has 0 aliphatic heterocycles. The molecule has 3 N–H and O–H groups in total. The summed E-state index contributed by atoms with van der Waals surface area (Å²) in [4.78, 5) is 19.9. The first-order valence-corrected chi connectivity index (χ1v) is 5.12. The van der Waals surface area contributed by atoms with E-state index in [-0.39, 0.29) is 5.91 Å². The molecule has 0 aromatic carbocycles. The smallest absolute Gasteiger partial charge is 0.275 e. The molecule has 0 aliphatic carbocycles. The van der Waals surface area contributed by atoms with Crippen molar-refractivity contribution in [1.82, 2.24) is 9.97 Å². The topological polar surface area (TPSA) is 80.9 Å². The van der Waals surface area contributed by atoms with Crippen LogP contribution in [0.2, 0.25) is 0 Å². The van der Waals surface area contributed by atoms with Gasteiger partial charge in [0.15, 0.2) is 0 Å². The average molecular weight is 228 g/mol. The molecule has 0 atom stereocenters. The number of nitrogens with zero attached hydrogens (tertiary/aromatic N) is 2. The van der Waals surface area contributed by atoms with Crippen molar-refractivity contribution in [1.29, 1.82) is 0 Å². The lowest BCUT2D eigenvalue weighted by Crippen LogP contribution is -2.14. The minimum Gasteiger partial charge on any atom is -0.397 e. The maximum atomic E-state index is 11.8. The fourth-order valence-corrected chi connectivity index (χ4v) is 1.33. The van der Waals surface area contributed by atoms with Gasteiger partial charge >= 0.3 is 0 Å². The highest BCUT2D eigenvalue weighted by Gasteiger charge is 2.07. The minimum atomic E-state index is -0.286. The van der Waals surface area contributed by atoms with Gasteiger partial charge in [-0.15, -0.1) is 0 Å². The summed E-state index contributed by atoms with van der Waals surface area (Å²) in [7, 11) is 0. The van der Waals surface area contributed by atoms with Crippen LogP contribution in [0.25, 0.3) is 0 Å². The van der Waals surface area contributed by atoms with E-state index in [4.69, 9.17) is 5.73 Å². The molecule has 5 heteroatoms. The van der Waals surface area contributed by atoms with Gasteiger partial charge in [-0.3, -0.25) is 4.79 Å². The van der Waals surface area contributed by atoms with Crippen LogP contribution in [0.5, 0.6) is 0 Å². The van der Waals surface area contributed by atoms with Crippen LogP contribution in [-0.4, -0.2) is 15.9 Å². The van der Waals surface area contributed by atoms with Crippen molar-refractivity contribution >= 4 is 17.4 Å². The van der Waals surface area contributed by atoms with Crippen molar-refractivity contribution in [2.45, 2.75) is 6.92 Å². The van der Waals surface area contributed by atoms with Crippen LogP contribution in [0.15, 0.2) is 36.5 Å². The molecule has 2 heterocycles. The number of amides is 1. The predicted molar refractivity (Wildman–Crippen MR) is 65.6 cm³/mol. The molecule has 2 aromatic heterocycles. The summed E-state index contributed by atoms with van der Waals surface area (Å²) in [5.74, 6) is 0.165. The zero-order chi connectivity index (χ0) is 12.3. The molecular weight excluding hydrogens is 216 g/mol. The number of aromatic nitrogens is 2. The Hall–Kier alpha value is -2.43. The van der Waals surface area contributed by atoms with Gasteiger partial charge in [0.25, 0.3) is 5.91 Å². The number of carbonyl (C=O) groups excluding carboxylic acids is 1. The van der Waals surface area contributed by atoms with Crippen molar-refractivity contribution in [3.63, 3.8) is 0 Å². The Morgan fingerprint density at radius 1 is 1.29 bits per heavy atom. The molecule has 0 fully saturated rings. The van der Waals surface area contributed by atoms with E-state index in [1.165, 1.54) is 6.20 Å². The van der Waals surface area contributed by atoms with Gasteiger partial charge in [-0.2, -0.15) is 0 Å². The van der Waals surface area contributed by atoms with E-state index in [0.717, 1.165) is 5.69 Å². The van der Waals surface area contributed by atoms with Gasteiger partial charge in [0.05, 0.1) is 11.9 Å². The van der Waals surface area contributed by atoms with Crippen molar-refractivity contribution in [3.05, 3.63) is 47.9 Å². The molecule has 0 aliphatic rings. The molecular formula is C12H12N4O. The predicted octanol–water partition coefficient (Wildman–Crippen LogP) is 1.62.